The number of para-hydroxylation sites is 2. The number of unbranched alkanes of at least 4 members (excludes halogenated alkanes) is 1. The predicted molar refractivity (Wildman–Crippen MR) is 128 cm³/mol. The Morgan fingerprint density at radius 1 is 1.03 bits per heavy atom. The zero-order chi connectivity index (χ0) is 23.5. The number of hydrogen-bond acceptors (Lipinski definition) is 2. The maximum Gasteiger partial charge on any atom is 0.256 e. The standard InChI is InChI=1S/C25H24Cl2FN3O2/c1-2-3-14-29(25(33)24(26)27)16-22(32)31-20-8-5-4-7-19(20)30-15-6-9-21(30)23(31)17-10-12-18(28)13-11-17/h4-13,15,23-24H,2-3,14,16H2,1H3. The summed E-state index contributed by atoms with van der Waals surface area (Å²) >= 11 is 11.7. The molecule has 1 aliphatic heterocycles. The van der Waals surface area contributed by atoms with E-state index in [1.165, 1.54) is 17.0 Å². The lowest BCUT2D eigenvalue weighted by molar-refractivity contribution is -0.134. The first-order valence-electron chi connectivity index (χ1n) is 10.8. The first-order chi connectivity index (χ1) is 15.9. The summed E-state index contributed by atoms with van der Waals surface area (Å²) in [6.45, 7) is 2.22. The number of fused-ring (bicyclic) bond motifs is 3. The second-order valence-electron chi connectivity index (χ2n) is 7.92. The van der Waals surface area contributed by atoms with Crippen LogP contribution in [0.25, 0.3) is 5.69 Å². The summed E-state index contributed by atoms with van der Waals surface area (Å²) in [5.41, 5.74) is 3.19. The van der Waals surface area contributed by atoms with E-state index in [0.29, 0.717) is 12.2 Å². The van der Waals surface area contributed by atoms with Crippen LogP contribution in [0.2, 0.25) is 0 Å². The van der Waals surface area contributed by atoms with E-state index in [-0.39, 0.29) is 18.3 Å². The smallest absolute Gasteiger partial charge is 0.256 e. The molecule has 0 spiro atoms. The fraction of sp³-hybridized carbons (Fsp3) is 0.280. The van der Waals surface area contributed by atoms with Gasteiger partial charge in [-0.05, 0) is 48.4 Å². The van der Waals surface area contributed by atoms with Gasteiger partial charge in [0.2, 0.25) is 5.91 Å². The van der Waals surface area contributed by atoms with Gasteiger partial charge in [-0.1, -0.05) is 60.8 Å². The van der Waals surface area contributed by atoms with Crippen molar-refractivity contribution in [2.45, 2.75) is 30.6 Å². The van der Waals surface area contributed by atoms with E-state index in [0.717, 1.165) is 29.8 Å². The molecule has 1 aliphatic rings. The van der Waals surface area contributed by atoms with Crippen LogP contribution in [0.1, 0.15) is 37.1 Å². The van der Waals surface area contributed by atoms with Crippen LogP contribution >= 0.6 is 23.2 Å². The molecule has 0 saturated heterocycles. The Kier molecular flexibility index (Phi) is 7.05. The molecule has 0 radical (unpaired) electrons. The SMILES string of the molecule is CCCCN(CC(=O)N1c2ccccc2-n2cccc2C1c1ccc(F)cc1)C(=O)C(Cl)Cl. The normalized spacial score (nSPS) is 14.7. The first-order valence-corrected chi connectivity index (χ1v) is 11.7. The highest BCUT2D eigenvalue weighted by atomic mass is 35.5. The van der Waals surface area contributed by atoms with E-state index in [1.807, 2.05) is 54.1 Å². The molecule has 3 aromatic rings. The van der Waals surface area contributed by atoms with Gasteiger partial charge >= 0.3 is 0 Å². The summed E-state index contributed by atoms with van der Waals surface area (Å²) in [5, 5.41) is 0. The molecule has 2 heterocycles. The molecule has 1 aromatic heterocycles. The molecular formula is C25H24Cl2FN3O2. The van der Waals surface area contributed by atoms with Crippen molar-refractivity contribution in [3.8, 4) is 5.69 Å². The molecule has 0 bridgehead atoms. The zero-order valence-corrected chi connectivity index (χ0v) is 19.6. The lowest BCUT2D eigenvalue weighted by Crippen LogP contribution is -2.48. The number of halogens is 3. The lowest BCUT2D eigenvalue weighted by atomic mass is 9.97. The summed E-state index contributed by atoms with van der Waals surface area (Å²) in [4.78, 5) is 28.3. The van der Waals surface area contributed by atoms with Crippen molar-refractivity contribution in [1.29, 1.82) is 0 Å². The molecule has 33 heavy (non-hydrogen) atoms. The second-order valence-corrected chi connectivity index (χ2v) is 9.02. The van der Waals surface area contributed by atoms with Crippen LogP contribution in [0, 0.1) is 5.82 Å². The van der Waals surface area contributed by atoms with Crippen molar-refractivity contribution >= 4 is 40.7 Å². The number of amides is 2. The van der Waals surface area contributed by atoms with Crippen molar-refractivity contribution < 1.29 is 14.0 Å². The molecule has 1 atom stereocenters. The van der Waals surface area contributed by atoms with Gasteiger partial charge in [-0.3, -0.25) is 14.5 Å². The Bertz CT molecular complexity index is 1150. The minimum atomic E-state index is -1.24. The number of carbonyl (C=O) groups is 2. The van der Waals surface area contributed by atoms with Gasteiger partial charge in [0, 0.05) is 12.7 Å². The van der Waals surface area contributed by atoms with Crippen LogP contribution in [-0.2, 0) is 9.59 Å². The monoisotopic (exact) mass is 487 g/mol. The fourth-order valence-electron chi connectivity index (χ4n) is 4.22. The second kappa shape index (κ2) is 9.98. The van der Waals surface area contributed by atoms with E-state index >= 15 is 0 Å². The van der Waals surface area contributed by atoms with Crippen molar-refractivity contribution in [2.75, 3.05) is 18.0 Å². The fourth-order valence-corrected chi connectivity index (χ4v) is 4.49. The third kappa shape index (κ3) is 4.63. The Balaban J connectivity index is 1.78. The van der Waals surface area contributed by atoms with Gasteiger partial charge in [0.15, 0.2) is 4.84 Å². The number of nitrogens with zero attached hydrogens (tertiary/aromatic N) is 3. The summed E-state index contributed by atoms with van der Waals surface area (Å²) in [7, 11) is 0. The average Bonchev–Trinajstić information content (AvgIpc) is 3.31. The van der Waals surface area contributed by atoms with E-state index < -0.39 is 16.8 Å². The van der Waals surface area contributed by atoms with E-state index in [1.54, 1.807) is 17.0 Å². The van der Waals surface area contributed by atoms with Gasteiger partial charge < -0.3 is 9.47 Å². The Labute approximate surface area is 202 Å². The van der Waals surface area contributed by atoms with Gasteiger partial charge in [-0.2, -0.15) is 0 Å². The molecule has 2 aromatic carbocycles. The highest BCUT2D eigenvalue weighted by Crippen LogP contribution is 2.42. The molecule has 0 saturated carbocycles. The highest BCUT2D eigenvalue weighted by molar-refractivity contribution is 6.53. The third-order valence-electron chi connectivity index (χ3n) is 5.78. The number of carbonyl (C=O) groups excluding carboxylic acids is 2. The highest BCUT2D eigenvalue weighted by Gasteiger charge is 2.37. The van der Waals surface area contributed by atoms with E-state index in [4.69, 9.17) is 23.2 Å². The van der Waals surface area contributed by atoms with E-state index in [9.17, 15) is 14.0 Å². The Morgan fingerprint density at radius 3 is 2.39 bits per heavy atom. The van der Waals surface area contributed by atoms with Crippen LogP contribution in [0.4, 0.5) is 10.1 Å². The topological polar surface area (TPSA) is 45.6 Å². The molecule has 4 rings (SSSR count). The predicted octanol–water partition coefficient (Wildman–Crippen LogP) is 5.48. The van der Waals surface area contributed by atoms with Gasteiger partial charge in [-0.15, -0.1) is 0 Å². The maximum atomic E-state index is 13.8. The van der Waals surface area contributed by atoms with Crippen molar-refractivity contribution in [3.63, 3.8) is 0 Å². The van der Waals surface area contributed by atoms with Crippen molar-refractivity contribution in [3.05, 3.63) is 83.9 Å². The zero-order valence-electron chi connectivity index (χ0n) is 18.1. The summed E-state index contributed by atoms with van der Waals surface area (Å²) in [6.07, 6.45) is 3.51. The van der Waals surface area contributed by atoms with Crippen LogP contribution in [0.3, 0.4) is 0 Å². The maximum absolute atomic E-state index is 13.8. The molecule has 8 heteroatoms. The van der Waals surface area contributed by atoms with Gasteiger partial charge in [0.25, 0.3) is 5.91 Å². The molecule has 0 fully saturated rings. The molecular weight excluding hydrogens is 464 g/mol. The molecule has 2 amide bonds. The van der Waals surface area contributed by atoms with Crippen LogP contribution in [0.15, 0.2) is 66.9 Å². The molecule has 1 unspecified atom stereocenters. The minimum absolute atomic E-state index is 0.165. The minimum Gasteiger partial charge on any atom is -0.331 e. The largest absolute Gasteiger partial charge is 0.331 e. The lowest BCUT2D eigenvalue weighted by Gasteiger charge is -2.39. The number of aromatic nitrogens is 1. The number of hydrogen-bond donors (Lipinski definition) is 0. The van der Waals surface area contributed by atoms with Crippen molar-refractivity contribution in [2.24, 2.45) is 0 Å². The van der Waals surface area contributed by atoms with Crippen LogP contribution in [-0.4, -0.2) is 39.2 Å². The van der Waals surface area contributed by atoms with Crippen LogP contribution in [0.5, 0.6) is 0 Å². The Morgan fingerprint density at radius 2 is 1.73 bits per heavy atom. The number of benzene rings is 2. The first kappa shape index (κ1) is 23.3. The Hall–Kier alpha value is -2.83. The molecule has 172 valence electrons. The van der Waals surface area contributed by atoms with Gasteiger partial charge in [-0.25, -0.2) is 4.39 Å². The third-order valence-corrected chi connectivity index (χ3v) is 6.15. The molecule has 5 nitrogen and oxygen atoms in total. The number of anilines is 1. The number of alkyl halides is 2. The van der Waals surface area contributed by atoms with Crippen molar-refractivity contribution in [1.82, 2.24) is 9.47 Å². The quantitative estimate of drug-likeness (QED) is 0.414. The average molecular weight is 488 g/mol. The molecule has 0 aliphatic carbocycles. The van der Waals surface area contributed by atoms with E-state index in [2.05, 4.69) is 0 Å². The van der Waals surface area contributed by atoms with Gasteiger partial charge in [0.05, 0.1) is 17.1 Å². The van der Waals surface area contributed by atoms with Gasteiger partial charge in [0.1, 0.15) is 18.4 Å². The summed E-state index contributed by atoms with van der Waals surface area (Å²) in [5.74, 6) is -1.12. The summed E-state index contributed by atoms with van der Waals surface area (Å²) in [6, 6.07) is 17.1. The molecule has 0 N–H and O–H groups in total. The number of rotatable bonds is 7. The van der Waals surface area contributed by atoms with Crippen LogP contribution < -0.4 is 4.90 Å². The summed E-state index contributed by atoms with van der Waals surface area (Å²) < 4.78 is 15.7.